The maximum absolute atomic E-state index is 5.87. The Bertz CT molecular complexity index is 425. The van der Waals surface area contributed by atoms with Crippen molar-refractivity contribution >= 4 is 11.4 Å². The van der Waals surface area contributed by atoms with E-state index in [1.165, 1.54) is 56.3 Å². The van der Waals surface area contributed by atoms with Gasteiger partial charge >= 0.3 is 0 Å². The highest BCUT2D eigenvalue weighted by atomic mass is 15.2. The van der Waals surface area contributed by atoms with Gasteiger partial charge in [-0.2, -0.15) is 0 Å². The molecule has 1 aromatic carbocycles. The summed E-state index contributed by atoms with van der Waals surface area (Å²) >= 11 is 0. The van der Waals surface area contributed by atoms with E-state index in [-0.39, 0.29) is 0 Å². The van der Waals surface area contributed by atoms with Crippen LogP contribution in [0.4, 0.5) is 11.4 Å². The van der Waals surface area contributed by atoms with Gasteiger partial charge in [0.2, 0.25) is 0 Å². The minimum absolute atomic E-state index is 0.787. The molecular formula is C16H24N2. The molecule has 0 bridgehead atoms. The second-order valence-corrected chi connectivity index (χ2v) is 5.99. The molecule has 1 heterocycles. The maximum atomic E-state index is 5.87. The van der Waals surface area contributed by atoms with E-state index in [9.17, 15) is 0 Å². The van der Waals surface area contributed by atoms with Crippen LogP contribution in [0.1, 0.15) is 44.1 Å². The standard InChI is InChI=1S/C16H24N2/c1-12-11-14(17)8-9-15(12)18-10-4-6-13-5-2-3-7-16(13)18/h8-9,11,13,16H,2-7,10,17H2,1H3. The second kappa shape index (κ2) is 4.83. The summed E-state index contributed by atoms with van der Waals surface area (Å²) in [6, 6.07) is 7.17. The van der Waals surface area contributed by atoms with E-state index in [2.05, 4.69) is 30.0 Å². The quantitative estimate of drug-likeness (QED) is 0.763. The van der Waals surface area contributed by atoms with Gasteiger partial charge in [-0.3, -0.25) is 0 Å². The zero-order valence-electron chi connectivity index (χ0n) is 11.4. The third-order valence-corrected chi connectivity index (χ3v) is 4.77. The van der Waals surface area contributed by atoms with E-state index in [4.69, 9.17) is 5.73 Å². The second-order valence-electron chi connectivity index (χ2n) is 5.99. The van der Waals surface area contributed by atoms with E-state index < -0.39 is 0 Å². The van der Waals surface area contributed by atoms with Crippen LogP contribution in [0, 0.1) is 12.8 Å². The molecule has 2 fully saturated rings. The Morgan fingerprint density at radius 1 is 1.11 bits per heavy atom. The van der Waals surface area contributed by atoms with E-state index >= 15 is 0 Å². The SMILES string of the molecule is Cc1cc(N)ccc1N1CCCC2CCCCC21. The molecule has 2 unspecified atom stereocenters. The molecule has 1 aliphatic heterocycles. The fourth-order valence-electron chi connectivity index (χ4n) is 3.92. The number of hydrogen-bond acceptors (Lipinski definition) is 2. The normalized spacial score (nSPS) is 27.9. The van der Waals surface area contributed by atoms with Gasteiger partial charge in [-0.15, -0.1) is 0 Å². The van der Waals surface area contributed by atoms with Crippen molar-refractivity contribution in [2.24, 2.45) is 5.92 Å². The summed E-state index contributed by atoms with van der Waals surface area (Å²) in [5.41, 5.74) is 9.51. The number of nitrogen functional groups attached to an aromatic ring is 1. The zero-order valence-corrected chi connectivity index (χ0v) is 11.4. The molecular weight excluding hydrogens is 220 g/mol. The van der Waals surface area contributed by atoms with Crippen LogP contribution in [0.5, 0.6) is 0 Å². The first-order valence-corrected chi connectivity index (χ1v) is 7.38. The van der Waals surface area contributed by atoms with Gasteiger partial charge in [0.1, 0.15) is 0 Å². The maximum Gasteiger partial charge on any atom is 0.0400 e. The molecule has 2 N–H and O–H groups in total. The fourth-order valence-corrected chi connectivity index (χ4v) is 3.92. The van der Waals surface area contributed by atoms with Crippen LogP contribution in [0.25, 0.3) is 0 Å². The highest BCUT2D eigenvalue weighted by molar-refractivity contribution is 5.60. The van der Waals surface area contributed by atoms with Crippen LogP contribution in [-0.2, 0) is 0 Å². The fraction of sp³-hybridized carbons (Fsp3) is 0.625. The Morgan fingerprint density at radius 3 is 2.72 bits per heavy atom. The highest BCUT2D eigenvalue weighted by Crippen LogP contribution is 2.38. The number of rotatable bonds is 1. The van der Waals surface area contributed by atoms with Gasteiger partial charge in [0.25, 0.3) is 0 Å². The molecule has 2 atom stereocenters. The molecule has 3 rings (SSSR count). The minimum atomic E-state index is 0.787. The number of fused-ring (bicyclic) bond motifs is 1. The number of hydrogen-bond donors (Lipinski definition) is 1. The lowest BCUT2D eigenvalue weighted by molar-refractivity contribution is 0.243. The number of aryl methyl sites for hydroxylation is 1. The van der Waals surface area contributed by atoms with Gasteiger partial charge in [0.05, 0.1) is 0 Å². The molecule has 2 aliphatic rings. The van der Waals surface area contributed by atoms with Crippen LogP contribution < -0.4 is 10.6 Å². The molecule has 1 saturated heterocycles. The van der Waals surface area contributed by atoms with E-state index in [0.29, 0.717) is 0 Å². The number of nitrogens with two attached hydrogens (primary N) is 1. The lowest BCUT2D eigenvalue weighted by Gasteiger charge is -2.46. The number of benzene rings is 1. The number of nitrogens with zero attached hydrogens (tertiary/aromatic N) is 1. The summed E-state index contributed by atoms with van der Waals surface area (Å²) in [6.45, 7) is 3.42. The first kappa shape index (κ1) is 11.9. The predicted molar refractivity (Wildman–Crippen MR) is 77.9 cm³/mol. The van der Waals surface area contributed by atoms with Crippen molar-refractivity contribution in [2.45, 2.75) is 51.5 Å². The minimum Gasteiger partial charge on any atom is -0.399 e. The molecule has 1 saturated carbocycles. The predicted octanol–water partition coefficient (Wildman–Crippen LogP) is 3.74. The highest BCUT2D eigenvalue weighted by Gasteiger charge is 2.33. The van der Waals surface area contributed by atoms with Crippen molar-refractivity contribution in [1.29, 1.82) is 0 Å². The van der Waals surface area contributed by atoms with Gasteiger partial charge in [-0.25, -0.2) is 0 Å². The monoisotopic (exact) mass is 244 g/mol. The molecule has 18 heavy (non-hydrogen) atoms. The van der Waals surface area contributed by atoms with Crippen LogP contribution in [-0.4, -0.2) is 12.6 Å². The molecule has 1 aliphatic carbocycles. The van der Waals surface area contributed by atoms with Gasteiger partial charge < -0.3 is 10.6 Å². The van der Waals surface area contributed by atoms with E-state index in [0.717, 1.165) is 17.6 Å². The first-order valence-electron chi connectivity index (χ1n) is 7.38. The van der Waals surface area contributed by atoms with Gasteiger partial charge in [0, 0.05) is 24.0 Å². The van der Waals surface area contributed by atoms with Crippen molar-refractivity contribution in [1.82, 2.24) is 0 Å². The average Bonchev–Trinajstić information content (AvgIpc) is 2.38. The zero-order chi connectivity index (χ0) is 12.5. The van der Waals surface area contributed by atoms with Crippen molar-refractivity contribution in [3.05, 3.63) is 23.8 Å². The summed E-state index contributed by atoms with van der Waals surface area (Å²) in [7, 11) is 0. The van der Waals surface area contributed by atoms with Crippen molar-refractivity contribution < 1.29 is 0 Å². The van der Waals surface area contributed by atoms with Gasteiger partial charge in [-0.1, -0.05) is 12.8 Å². The molecule has 0 radical (unpaired) electrons. The van der Waals surface area contributed by atoms with E-state index in [1.807, 2.05) is 0 Å². The molecule has 0 amide bonds. The van der Waals surface area contributed by atoms with Crippen LogP contribution in [0.2, 0.25) is 0 Å². The Balaban J connectivity index is 1.89. The smallest absolute Gasteiger partial charge is 0.0400 e. The topological polar surface area (TPSA) is 29.3 Å². The summed E-state index contributed by atoms with van der Waals surface area (Å²) < 4.78 is 0. The summed E-state index contributed by atoms with van der Waals surface area (Å²) in [5, 5.41) is 0. The van der Waals surface area contributed by atoms with E-state index in [1.54, 1.807) is 0 Å². The third kappa shape index (κ3) is 2.09. The Morgan fingerprint density at radius 2 is 1.89 bits per heavy atom. The molecule has 2 nitrogen and oxygen atoms in total. The summed E-state index contributed by atoms with van der Waals surface area (Å²) in [5.74, 6) is 0.935. The lowest BCUT2D eigenvalue weighted by Crippen LogP contribution is -2.47. The van der Waals surface area contributed by atoms with Crippen LogP contribution in [0.3, 0.4) is 0 Å². The molecule has 0 spiro atoms. The lowest BCUT2D eigenvalue weighted by atomic mass is 9.78. The largest absolute Gasteiger partial charge is 0.399 e. The first-order chi connectivity index (χ1) is 8.75. The Kier molecular flexibility index (Phi) is 3.19. The van der Waals surface area contributed by atoms with Crippen molar-refractivity contribution in [3.63, 3.8) is 0 Å². The van der Waals surface area contributed by atoms with Gasteiger partial charge in [-0.05, 0) is 62.3 Å². The summed E-state index contributed by atoms with van der Waals surface area (Å²) in [4.78, 5) is 2.67. The van der Waals surface area contributed by atoms with Gasteiger partial charge in [0.15, 0.2) is 0 Å². The number of anilines is 2. The Labute approximate surface area is 110 Å². The molecule has 98 valence electrons. The third-order valence-electron chi connectivity index (χ3n) is 4.77. The van der Waals surface area contributed by atoms with Crippen LogP contribution in [0.15, 0.2) is 18.2 Å². The summed E-state index contributed by atoms with van der Waals surface area (Å²) in [6.07, 6.45) is 8.46. The molecule has 0 aromatic heterocycles. The van der Waals surface area contributed by atoms with Crippen molar-refractivity contribution in [2.75, 3.05) is 17.2 Å². The van der Waals surface area contributed by atoms with Crippen molar-refractivity contribution in [3.8, 4) is 0 Å². The molecule has 1 aromatic rings. The average molecular weight is 244 g/mol. The van der Waals surface area contributed by atoms with Crippen LogP contribution >= 0.6 is 0 Å². The number of piperidine rings is 1. The molecule has 2 heteroatoms. The Hall–Kier alpha value is -1.18.